The number of aromatic nitrogens is 3. The highest BCUT2D eigenvalue weighted by molar-refractivity contribution is 7.15. The number of halogens is 2. The molecule has 0 saturated carbocycles. The number of anilines is 2. The van der Waals surface area contributed by atoms with Crippen LogP contribution in [-0.4, -0.2) is 39.6 Å². The summed E-state index contributed by atoms with van der Waals surface area (Å²) in [6.45, 7) is 2.19. The van der Waals surface area contributed by atoms with E-state index in [0.717, 1.165) is 15.9 Å². The van der Waals surface area contributed by atoms with Crippen LogP contribution in [0.15, 0.2) is 71.5 Å². The maximum absolute atomic E-state index is 13.7. The van der Waals surface area contributed by atoms with Crippen molar-refractivity contribution in [1.29, 1.82) is 0 Å². The molecule has 0 spiro atoms. The molecule has 6 rings (SSSR count). The zero-order valence-electron chi connectivity index (χ0n) is 20.9. The number of rotatable bonds is 6. The smallest absolute Gasteiger partial charge is 0.291 e. The maximum Gasteiger partial charge on any atom is 0.291 e. The molecule has 5 aromatic rings. The number of ether oxygens (including phenoxy) is 1. The number of hydrogen-bond acceptors (Lipinski definition) is 7. The van der Waals surface area contributed by atoms with E-state index in [1.807, 2.05) is 6.92 Å². The second-order valence-electron chi connectivity index (χ2n) is 8.78. The number of nitrogens with zero attached hydrogens (tertiary/aromatic N) is 4. The highest BCUT2D eigenvalue weighted by atomic mass is 35.5. The predicted octanol–water partition coefficient (Wildman–Crippen LogP) is 4.43. The van der Waals surface area contributed by atoms with Crippen LogP contribution in [0.3, 0.4) is 0 Å². The molecule has 1 N–H and O–H groups in total. The number of hydrogen-bond donors (Lipinski definition) is 1. The molecule has 0 saturated heterocycles. The molecule has 9 nitrogen and oxygen atoms in total. The van der Waals surface area contributed by atoms with Crippen LogP contribution in [0.5, 0.6) is 5.75 Å². The molecule has 0 unspecified atom stereocenters. The van der Waals surface area contributed by atoms with Crippen LogP contribution in [0, 0.1) is 0 Å². The molecule has 40 heavy (non-hydrogen) atoms. The molecular weight excluding hydrogens is 573 g/mol. The van der Waals surface area contributed by atoms with Gasteiger partial charge in [-0.05, 0) is 55.5 Å². The van der Waals surface area contributed by atoms with Gasteiger partial charge < -0.3 is 10.1 Å². The lowest BCUT2D eigenvalue weighted by Gasteiger charge is -2.16. The molecule has 3 aromatic carbocycles. The molecular formula is C28H19Cl2N5O4S. The predicted molar refractivity (Wildman–Crippen MR) is 155 cm³/mol. The van der Waals surface area contributed by atoms with E-state index in [0.29, 0.717) is 49.9 Å². The van der Waals surface area contributed by atoms with Crippen LogP contribution in [0.2, 0.25) is 10.0 Å². The third-order valence-corrected chi connectivity index (χ3v) is 7.81. The Bertz CT molecular complexity index is 1920. The summed E-state index contributed by atoms with van der Waals surface area (Å²) in [5.41, 5.74) is 1.92. The molecule has 0 bridgehead atoms. The highest BCUT2D eigenvalue weighted by Gasteiger charge is 2.35. The van der Waals surface area contributed by atoms with Gasteiger partial charge in [0.05, 0.1) is 22.9 Å². The quantitative estimate of drug-likeness (QED) is 0.313. The van der Waals surface area contributed by atoms with Crippen molar-refractivity contribution in [1.82, 2.24) is 14.6 Å². The van der Waals surface area contributed by atoms with Crippen molar-refractivity contribution in [3.63, 3.8) is 0 Å². The first-order chi connectivity index (χ1) is 19.3. The SMILES string of the molecule is CCOc1ccc(NC(=O)CN2C(=O)C(=c3sc4nc(-c5ccc(Cl)cc5Cl)nn4c3=O)c3ccccc32)cc1. The number of fused-ring (bicyclic) bond motifs is 2. The molecule has 1 aliphatic heterocycles. The summed E-state index contributed by atoms with van der Waals surface area (Å²) in [5.74, 6) is 0.123. The molecule has 3 heterocycles. The van der Waals surface area contributed by atoms with E-state index in [9.17, 15) is 14.4 Å². The second-order valence-corrected chi connectivity index (χ2v) is 10.6. The Kier molecular flexibility index (Phi) is 6.75. The molecule has 200 valence electrons. The summed E-state index contributed by atoms with van der Waals surface area (Å²) >= 11 is 13.3. The molecule has 0 aliphatic carbocycles. The minimum Gasteiger partial charge on any atom is -0.494 e. The van der Waals surface area contributed by atoms with Crippen molar-refractivity contribution in [3.05, 3.63) is 97.2 Å². The Morgan fingerprint density at radius 2 is 1.80 bits per heavy atom. The van der Waals surface area contributed by atoms with Crippen LogP contribution in [0.1, 0.15) is 12.5 Å². The van der Waals surface area contributed by atoms with Gasteiger partial charge in [0.1, 0.15) is 16.8 Å². The van der Waals surface area contributed by atoms with Gasteiger partial charge in [-0.1, -0.05) is 52.7 Å². The first kappa shape index (κ1) is 26.0. The number of benzene rings is 3. The third kappa shape index (κ3) is 4.60. The van der Waals surface area contributed by atoms with Crippen molar-refractivity contribution in [3.8, 4) is 17.1 Å². The first-order valence-corrected chi connectivity index (χ1v) is 13.7. The zero-order chi connectivity index (χ0) is 28.0. The van der Waals surface area contributed by atoms with E-state index >= 15 is 0 Å². The number of amides is 2. The van der Waals surface area contributed by atoms with Gasteiger partial charge in [-0.3, -0.25) is 19.3 Å². The van der Waals surface area contributed by atoms with E-state index in [1.54, 1.807) is 66.7 Å². The van der Waals surface area contributed by atoms with Crippen LogP contribution in [-0.2, 0) is 9.59 Å². The Morgan fingerprint density at radius 1 is 1.02 bits per heavy atom. The largest absolute Gasteiger partial charge is 0.494 e. The first-order valence-electron chi connectivity index (χ1n) is 12.2. The van der Waals surface area contributed by atoms with Crippen molar-refractivity contribution in [2.24, 2.45) is 0 Å². The Labute approximate surface area is 241 Å². The topological polar surface area (TPSA) is 106 Å². The molecule has 2 amide bonds. The fraction of sp³-hybridized carbons (Fsp3) is 0.107. The van der Waals surface area contributed by atoms with Gasteiger partial charge in [0.25, 0.3) is 11.5 Å². The van der Waals surface area contributed by atoms with Gasteiger partial charge in [0.15, 0.2) is 5.82 Å². The van der Waals surface area contributed by atoms with E-state index in [1.165, 1.54) is 4.90 Å². The molecule has 0 radical (unpaired) electrons. The Balaban J connectivity index is 1.34. The van der Waals surface area contributed by atoms with Crippen molar-refractivity contribution >= 4 is 68.3 Å². The number of nitrogens with one attached hydrogen (secondary N) is 1. The van der Waals surface area contributed by atoms with E-state index < -0.39 is 11.5 Å². The summed E-state index contributed by atoms with van der Waals surface area (Å²) in [6, 6.07) is 18.9. The molecule has 0 atom stereocenters. The lowest BCUT2D eigenvalue weighted by atomic mass is 10.1. The van der Waals surface area contributed by atoms with E-state index in [2.05, 4.69) is 15.4 Å². The second kappa shape index (κ2) is 10.4. The average molecular weight is 592 g/mol. The zero-order valence-corrected chi connectivity index (χ0v) is 23.2. The van der Waals surface area contributed by atoms with Crippen LogP contribution in [0.4, 0.5) is 11.4 Å². The highest BCUT2D eigenvalue weighted by Crippen LogP contribution is 2.35. The van der Waals surface area contributed by atoms with Crippen LogP contribution < -0.4 is 25.0 Å². The summed E-state index contributed by atoms with van der Waals surface area (Å²) in [5, 5.41) is 7.97. The fourth-order valence-corrected chi connectivity index (χ4v) is 5.96. The van der Waals surface area contributed by atoms with Gasteiger partial charge in [-0.25, -0.2) is 0 Å². The maximum atomic E-state index is 13.7. The number of carbonyl (C=O) groups is 2. The molecule has 0 fully saturated rings. The van der Waals surface area contributed by atoms with Gasteiger partial charge in [-0.15, -0.1) is 5.10 Å². The summed E-state index contributed by atoms with van der Waals surface area (Å²) < 4.78 is 6.78. The van der Waals surface area contributed by atoms with Crippen molar-refractivity contribution in [2.75, 3.05) is 23.4 Å². The minimum atomic E-state index is -0.484. The number of carbonyl (C=O) groups excluding carboxylic acids is 2. The van der Waals surface area contributed by atoms with Crippen LogP contribution in [0.25, 0.3) is 21.9 Å². The lowest BCUT2D eigenvalue weighted by Crippen LogP contribution is -2.37. The average Bonchev–Trinajstić information content (AvgIpc) is 3.56. The Morgan fingerprint density at radius 3 is 2.52 bits per heavy atom. The van der Waals surface area contributed by atoms with Crippen molar-refractivity contribution in [2.45, 2.75) is 6.92 Å². The third-order valence-electron chi connectivity index (χ3n) is 6.23. The van der Waals surface area contributed by atoms with E-state index in [-0.39, 0.29) is 28.4 Å². The van der Waals surface area contributed by atoms with Crippen molar-refractivity contribution < 1.29 is 14.3 Å². The standard InChI is InChI=1S/C28H19Cl2N5O4S/c1-2-39-17-10-8-16(9-11-17)31-22(36)14-34-21-6-4-3-5-19(21)23(26(34)37)24-27(38)35-28(40-24)32-25(33-35)18-12-7-15(29)13-20(18)30/h3-13H,2,14H2,1H3,(H,31,36). The lowest BCUT2D eigenvalue weighted by molar-refractivity contribution is -0.118. The number of thiazole rings is 1. The Hall–Kier alpha value is -4.25. The van der Waals surface area contributed by atoms with Crippen LogP contribution >= 0.6 is 34.5 Å². The summed E-state index contributed by atoms with van der Waals surface area (Å²) in [6.07, 6.45) is 0. The summed E-state index contributed by atoms with van der Waals surface area (Å²) in [4.78, 5) is 46.2. The molecule has 2 aromatic heterocycles. The van der Waals surface area contributed by atoms with Gasteiger partial charge in [-0.2, -0.15) is 9.50 Å². The fourth-order valence-electron chi connectivity index (χ4n) is 4.47. The van der Waals surface area contributed by atoms with Gasteiger partial charge in [0, 0.05) is 21.8 Å². The van der Waals surface area contributed by atoms with Gasteiger partial charge >= 0.3 is 0 Å². The molecule has 12 heteroatoms. The minimum absolute atomic E-state index is 0.190. The number of para-hydroxylation sites is 1. The molecule has 1 aliphatic rings. The van der Waals surface area contributed by atoms with E-state index in [4.69, 9.17) is 27.9 Å². The normalized spacial score (nSPS) is 14.1. The monoisotopic (exact) mass is 591 g/mol. The van der Waals surface area contributed by atoms with Gasteiger partial charge in [0.2, 0.25) is 10.9 Å². The summed E-state index contributed by atoms with van der Waals surface area (Å²) in [7, 11) is 0.